The Labute approximate surface area is 75.5 Å². The summed E-state index contributed by atoms with van der Waals surface area (Å²) in [4.78, 5) is 11.4. The Balaban J connectivity index is 2.28. The van der Waals surface area contributed by atoms with Crippen molar-refractivity contribution in [2.24, 2.45) is 17.8 Å². The predicted molar refractivity (Wildman–Crippen MR) is 51.0 cm³/mol. The highest BCUT2D eigenvalue weighted by molar-refractivity contribution is 5.80. The normalized spacial score (nSPS) is 29.7. The van der Waals surface area contributed by atoms with Crippen molar-refractivity contribution in [2.75, 3.05) is 0 Å². The molecule has 0 radical (unpaired) electrons. The molecule has 0 aromatic rings. The fraction of sp³-hybridized carbons (Fsp3) is 0.909. The van der Waals surface area contributed by atoms with Crippen LogP contribution in [0.15, 0.2) is 0 Å². The zero-order valence-electron chi connectivity index (χ0n) is 8.47. The van der Waals surface area contributed by atoms with Crippen LogP contribution in [0.1, 0.15) is 46.5 Å². The highest BCUT2D eigenvalue weighted by atomic mass is 16.1. The summed E-state index contributed by atoms with van der Waals surface area (Å²) in [5.41, 5.74) is 0. The molecule has 0 heterocycles. The maximum atomic E-state index is 11.4. The van der Waals surface area contributed by atoms with E-state index in [9.17, 15) is 4.79 Å². The van der Waals surface area contributed by atoms with E-state index >= 15 is 0 Å². The van der Waals surface area contributed by atoms with Crippen LogP contribution in [0.2, 0.25) is 0 Å². The Morgan fingerprint density at radius 2 is 2.08 bits per heavy atom. The number of carbonyl (C=O) groups excluding carboxylic acids is 1. The lowest BCUT2D eigenvalue weighted by atomic mass is 9.95. The number of rotatable bonds is 3. The van der Waals surface area contributed by atoms with Crippen molar-refractivity contribution in [3.8, 4) is 0 Å². The van der Waals surface area contributed by atoms with Gasteiger partial charge in [-0.15, -0.1) is 0 Å². The Morgan fingerprint density at radius 3 is 2.50 bits per heavy atom. The van der Waals surface area contributed by atoms with Crippen LogP contribution >= 0.6 is 0 Å². The maximum absolute atomic E-state index is 11.4. The molecule has 1 rings (SSSR count). The van der Waals surface area contributed by atoms with Crippen molar-refractivity contribution in [3.05, 3.63) is 0 Å². The van der Waals surface area contributed by atoms with Gasteiger partial charge in [-0.2, -0.15) is 0 Å². The van der Waals surface area contributed by atoms with Crippen molar-refractivity contribution in [1.29, 1.82) is 0 Å². The minimum absolute atomic E-state index is 0.237. The molecular weight excluding hydrogens is 148 g/mol. The van der Waals surface area contributed by atoms with Crippen molar-refractivity contribution in [3.63, 3.8) is 0 Å². The van der Waals surface area contributed by atoms with Crippen LogP contribution in [-0.2, 0) is 4.79 Å². The van der Waals surface area contributed by atoms with Crippen LogP contribution in [0.25, 0.3) is 0 Å². The van der Waals surface area contributed by atoms with E-state index in [2.05, 4.69) is 6.92 Å². The van der Waals surface area contributed by atoms with Gasteiger partial charge in [0.2, 0.25) is 0 Å². The van der Waals surface area contributed by atoms with E-state index in [1.807, 2.05) is 13.8 Å². The minimum atomic E-state index is 0.237. The maximum Gasteiger partial charge on any atom is 0.135 e. The third kappa shape index (κ3) is 2.62. The second-order valence-corrected chi connectivity index (χ2v) is 4.61. The summed E-state index contributed by atoms with van der Waals surface area (Å²) in [5.74, 6) is 2.25. The Bertz CT molecular complexity index is 160. The molecule has 0 bridgehead atoms. The lowest BCUT2D eigenvalue weighted by molar-refractivity contribution is -0.122. The second kappa shape index (κ2) is 4.06. The van der Waals surface area contributed by atoms with Crippen LogP contribution in [0.4, 0.5) is 0 Å². The first-order valence-electron chi connectivity index (χ1n) is 5.12. The van der Waals surface area contributed by atoms with Gasteiger partial charge < -0.3 is 0 Å². The molecule has 0 spiro atoms. The van der Waals surface area contributed by atoms with Crippen molar-refractivity contribution in [1.82, 2.24) is 0 Å². The van der Waals surface area contributed by atoms with Gasteiger partial charge in [-0.05, 0) is 24.7 Å². The van der Waals surface area contributed by atoms with Gasteiger partial charge in [-0.25, -0.2) is 0 Å². The molecule has 12 heavy (non-hydrogen) atoms. The summed E-state index contributed by atoms with van der Waals surface area (Å²) in [6.45, 7) is 6.29. The van der Waals surface area contributed by atoms with Crippen LogP contribution in [0, 0.1) is 17.8 Å². The third-order valence-corrected chi connectivity index (χ3v) is 2.94. The standard InChI is InChI=1S/C11H20O/c1-8(2)11(12)7-10-5-4-9(3)6-10/h8-10H,4-7H2,1-3H3/t9-,10+/m0/s1. The van der Waals surface area contributed by atoms with Gasteiger partial charge in [-0.3, -0.25) is 4.79 Å². The second-order valence-electron chi connectivity index (χ2n) is 4.61. The molecule has 70 valence electrons. The average molecular weight is 168 g/mol. The van der Waals surface area contributed by atoms with Crippen molar-refractivity contribution in [2.45, 2.75) is 46.5 Å². The van der Waals surface area contributed by atoms with E-state index in [-0.39, 0.29) is 5.92 Å². The predicted octanol–water partition coefficient (Wildman–Crippen LogP) is 3.04. The number of hydrogen-bond donors (Lipinski definition) is 0. The fourth-order valence-electron chi connectivity index (χ4n) is 2.03. The zero-order chi connectivity index (χ0) is 9.14. The SMILES string of the molecule is CC(C)C(=O)C[C@@H]1CC[C@H](C)C1. The molecule has 1 aliphatic rings. The molecule has 0 amide bonds. The summed E-state index contributed by atoms with van der Waals surface area (Å²) in [7, 11) is 0. The Hall–Kier alpha value is -0.330. The van der Waals surface area contributed by atoms with Crippen LogP contribution in [0.3, 0.4) is 0 Å². The Kier molecular flexibility index (Phi) is 3.30. The van der Waals surface area contributed by atoms with Crippen molar-refractivity contribution >= 4 is 5.78 Å². The molecule has 0 N–H and O–H groups in total. The van der Waals surface area contributed by atoms with E-state index in [4.69, 9.17) is 0 Å². The molecule has 0 aliphatic heterocycles. The topological polar surface area (TPSA) is 17.1 Å². The molecule has 2 atom stereocenters. The lowest BCUT2D eigenvalue weighted by Crippen LogP contribution is -2.11. The van der Waals surface area contributed by atoms with Gasteiger partial charge in [0, 0.05) is 12.3 Å². The van der Waals surface area contributed by atoms with Crippen molar-refractivity contribution < 1.29 is 4.79 Å². The fourth-order valence-corrected chi connectivity index (χ4v) is 2.03. The monoisotopic (exact) mass is 168 g/mol. The highest BCUT2D eigenvalue weighted by Crippen LogP contribution is 2.33. The first-order chi connectivity index (χ1) is 5.59. The van der Waals surface area contributed by atoms with E-state index < -0.39 is 0 Å². The molecule has 1 saturated carbocycles. The largest absolute Gasteiger partial charge is 0.299 e. The smallest absolute Gasteiger partial charge is 0.135 e. The van der Waals surface area contributed by atoms with Crippen LogP contribution in [0.5, 0.6) is 0 Å². The zero-order valence-corrected chi connectivity index (χ0v) is 8.47. The van der Waals surface area contributed by atoms with Crippen LogP contribution < -0.4 is 0 Å². The molecule has 0 aromatic heterocycles. The summed E-state index contributed by atoms with van der Waals surface area (Å²) in [5, 5.41) is 0. The number of hydrogen-bond acceptors (Lipinski definition) is 1. The molecule has 0 saturated heterocycles. The summed E-state index contributed by atoms with van der Waals surface area (Å²) in [6.07, 6.45) is 4.72. The summed E-state index contributed by atoms with van der Waals surface area (Å²) >= 11 is 0. The molecule has 1 heteroatoms. The van der Waals surface area contributed by atoms with Gasteiger partial charge in [0.1, 0.15) is 5.78 Å². The van der Waals surface area contributed by atoms with E-state index in [1.54, 1.807) is 0 Å². The number of carbonyl (C=O) groups is 1. The lowest BCUT2D eigenvalue weighted by Gasteiger charge is -2.09. The first kappa shape index (κ1) is 9.76. The Morgan fingerprint density at radius 1 is 1.42 bits per heavy atom. The molecular formula is C11H20O. The summed E-state index contributed by atoms with van der Waals surface area (Å²) in [6, 6.07) is 0. The molecule has 1 aliphatic carbocycles. The first-order valence-corrected chi connectivity index (χ1v) is 5.12. The minimum Gasteiger partial charge on any atom is -0.299 e. The third-order valence-electron chi connectivity index (χ3n) is 2.94. The van der Waals surface area contributed by atoms with Gasteiger partial charge in [-0.1, -0.05) is 27.2 Å². The molecule has 1 fully saturated rings. The number of ketones is 1. The molecule has 0 aromatic carbocycles. The van der Waals surface area contributed by atoms with E-state index in [0.29, 0.717) is 11.7 Å². The number of Topliss-reactive ketones (excluding diaryl/α,β-unsaturated/α-hetero) is 1. The highest BCUT2D eigenvalue weighted by Gasteiger charge is 2.24. The van der Waals surface area contributed by atoms with Gasteiger partial charge in [0.15, 0.2) is 0 Å². The molecule has 0 unspecified atom stereocenters. The van der Waals surface area contributed by atoms with Crippen LogP contribution in [-0.4, -0.2) is 5.78 Å². The van der Waals surface area contributed by atoms with E-state index in [0.717, 1.165) is 12.3 Å². The van der Waals surface area contributed by atoms with Gasteiger partial charge >= 0.3 is 0 Å². The molecule has 1 nitrogen and oxygen atoms in total. The average Bonchev–Trinajstić information content (AvgIpc) is 2.35. The quantitative estimate of drug-likeness (QED) is 0.633. The van der Waals surface area contributed by atoms with Gasteiger partial charge in [0.25, 0.3) is 0 Å². The van der Waals surface area contributed by atoms with Gasteiger partial charge in [0.05, 0.1) is 0 Å². The van der Waals surface area contributed by atoms with E-state index in [1.165, 1.54) is 19.3 Å². The summed E-state index contributed by atoms with van der Waals surface area (Å²) < 4.78 is 0.